The monoisotopic (exact) mass is 511 g/mol. The second kappa shape index (κ2) is 9.06. The summed E-state index contributed by atoms with van der Waals surface area (Å²) in [7, 11) is 0. The van der Waals surface area contributed by atoms with Gasteiger partial charge < -0.3 is 0 Å². The number of thiol groups is 1. The topological polar surface area (TPSA) is 0 Å². The van der Waals surface area contributed by atoms with Gasteiger partial charge in [0.2, 0.25) is 0 Å². The SMILES string of the molecule is C=CCC[CH]C1CC(S)C(C)(C)[C@@H]2CC[C@]3(C)[C@H](CC[C@@H]4[C@@H]5[C@@H](C)[C@H](C)CC[C@]5(C)CC[C@]43C)[C@@]12C. The lowest BCUT2D eigenvalue weighted by Gasteiger charge is -2.75. The van der Waals surface area contributed by atoms with Crippen molar-refractivity contribution >= 4 is 12.6 Å². The Morgan fingerprint density at radius 3 is 2.22 bits per heavy atom. The fourth-order valence-electron chi connectivity index (χ4n) is 12.5. The van der Waals surface area contributed by atoms with Gasteiger partial charge >= 0.3 is 0 Å². The Hall–Kier alpha value is 0.0900. The third kappa shape index (κ3) is 3.58. The van der Waals surface area contributed by atoms with Crippen molar-refractivity contribution in [1.82, 2.24) is 0 Å². The van der Waals surface area contributed by atoms with Crippen LogP contribution < -0.4 is 0 Å². The third-order valence-electron chi connectivity index (χ3n) is 15.1. The molecule has 5 aliphatic rings. The van der Waals surface area contributed by atoms with Gasteiger partial charge in [0.1, 0.15) is 0 Å². The molecule has 0 aromatic heterocycles. The van der Waals surface area contributed by atoms with Gasteiger partial charge in [-0.3, -0.25) is 0 Å². The first-order valence-corrected chi connectivity index (χ1v) is 16.4. The Balaban J connectivity index is 1.54. The van der Waals surface area contributed by atoms with Crippen LogP contribution in [0, 0.1) is 74.9 Å². The number of hydrogen-bond acceptors (Lipinski definition) is 1. The predicted molar refractivity (Wildman–Crippen MR) is 160 cm³/mol. The lowest BCUT2D eigenvalue weighted by Crippen LogP contribution is -2.68. The second-order valence-electron chi connectivity index (χ2n) is 16.4. The second-order valence-corrected chi connectivity index (χ2v) is 17.0. The van der Waals surface area contributed by atoms with E-state index in [1.54, 1.807) is 0 Å². The molecule has 2 unspecified atom stereocenters. The van der Waals surface area contributed by atoms with Gasteiger partial charge in [-0.2, -0.15) is 12.6 Å². The Bertz CT molecular complexity index is 844. The molecule has 0 amide bonds. The van der Waals surface area contributed by atoms with E-state index in [-0.39, 0.29) is 0 Å². The van der Waals surface area contributed by atoms with E-state index >= 15 is 0 Å². The molecule has 36 heavy (non-hydrogen) atoms. The van der Waals surface area contributed by atoms with E-state index in [0.717, 1.165) is 41.9 Å². The largest absolute Gasteiger partial charge is 0.175 e. The fourth-order valence-corrected chi connectivity index (χ4v) is 12.9. The fraction of sp³-hybridized carbons (Fsp3) is 0.914. The molecule has 5 saturated carbocycles. The highest BCUT2D eigenvalue weighted by Crippen LogP contribution is 2.78. The van der Waals surface area contributed by atoms with E-state index < -0.39 is 0 Å². The summed E-state index contributed by atoms with van der Waals surface area (Å²) in [6, 6.07) is 0. The number of unbranched alkanes of at least 4 members (excludes halogenated alkanes) is 1. The standard InChI is InChI=1S/C35H59S/c1-10-11-12-13-25-22-29(36)31(4,5)27-17-19-34(8)28(35(25,27)9)15-14-26-30-24(3)23(2)16-18-32(30,6)20-21-33(26,34)7/h10,13,23-30,36H,1,11-12,14-22H2,2-9H3/t23-,24+,25?,26-,27+,28+,29?,30+,32-,33-,34-,35+/m1/s1. The first-order chi connectivity index (χ1) is 16.8. The molecule has 0 aliphatic heterocycles. The summed E-state index contributed by atoms with van der Waals surface area (Å²) in [6.07, 6.45) is 20.1. The van der Waals surface area contributed by atoms with Crippen LogP contribution in [-0.2, 0) is 0 Å². The van der Waals surface area contributed by atoms with E-state index in [4.69, 9.17) is 12.6 Å². The van der Waals surface area contributed by atoms with E-state index in [1.165, 1.54) is 64.2 Å². The van der Waals surface area contributed by atoms with Crippen LogP contribution in [-0.4, -0.2) is 5.25 Å². The quantitative estimate of drug-likeness (QED) is 0.216. The van der Waals surface area contributed by atoms with E-state index in [9.17, 15) is 0 Å². The summed E-state index contributed by atoms with van der Waals surface area (Å²) in [4.78, 5) is 0. The zero-order valence-corrected chi connectivity index (χ0v) is 26.1. The van der Waals surface area contributed by atoms with Crippen molar-refractivity contribution in [1.29, 1.82) is 0 Å². The van der Waals surface area contributed by atoms with Gasteiger partial charge in [-0.1, -0.05) is 61.5 Å². The Morgan fingerprint density at radius 2 is 1.53 bits per heavy atom. The van der Waals surface area contributed by atoms with Crippen LogP contribution in [0.4, 0.5) is 0 Å². The minimum atomic E-state index is 0.318. The zero-order valence-electron chi connectivity index (χ0n) is 25.2. The van der Waals surface area contributed by atoms with Crippen molar-refractivity contribution in [3.63, 3.8) is 0 Å². The lowest BCUT2D eigenvalue weighted by molar-refractivity contribution is -0.255. The number of rotatable bonds is 4. The smallest absolute Gasteiger partial charge is 0.00738 e. The Kier molecular flexibility index (Phi) is 6.96. The molecular formula is C35H59S. The molecule has 0 aromatic carbocycles. The number of allylic oxidation sites excluding steroid dienone is 1. The highest BCUT2D eigenvalue weighted by molar-refractivity contribution is 7.81. The van der Waals surface area contributed by atoms with Crippen LogP contribution in [0.15, 0.2) is 12.7 Å². The summed E-state index contributed by atoms with van der Waals surface area (Å²) >= 11 is 5.27. The van der Waals surface area contributed by atoms with Gasteiger partial charge in [0.25, 0.3) is 0 Å². The van der Waals surface area contributed by atoms with Gasteiger partial charge in [-0.15, -0.1) is 6.58 Å². The molecule has 12 atom stereocenters. The highest BCUT2D eigenvalue weighted by Gasteiger charge is 2.71. The van der Waals surface area contributed by atoms with Crippen LogP contribution in [0.25, 0.3) is 0 Å². The van der Waals surface area contributed by atoms with Crippen LogP contribution in [0.3, 0.4) is 0 Å². The molecule has 5 aliphatic carbocycles. The van der Waals surface area contributed by atoms with Gasteiger partial charge in [0.05, 0.1) is 0 Å². The molecule has 1 heteroatoms. The third-order valence-corrected chi connectivity index (χ3v) is 15.9. The first kappa shape index (κ1) is 27.6. The van der Waals surface area contributed by atoms with E-state index in [2.05, 4.69) is 74.5 Å². The van der Waals surface area contributed by atoms with E-state index in [1.807, 2.05) is 0 Å². The summed E-state index contributed by atoms with van der Waals surface area (Å²) in [5.74, 6) is 5.97. The van der Waals surface area contributed by atoms with Crippen molar-refractivity contribution in [3.05, 3.63) is 19.1 Å². The summed E-state index contributed by atoms with van der Waals surface area (Å²) < 4.78 is 0. The number of fused-ring (bicyclic) bond motifs is 7. The summed E-state index contributed by atoms with van der Waals surface area (Å²) in [5, 5.41) is 0.511. The summed E-state index contributed by atoms with van der Waals surface area (Å²) in [5.41, 5.74) is 2.27. The molecule has 0 spiro atoms. The van der Waals surface area contributed by atoms with Crippen LogP contribution >= 0.6 is 12.6 Å². The maximum Gasteiger partial charge on any atom is 0.00738 e. The molecule has 0 N–H and O–H groups in total. The van der Waals surface area contributed by atoms with Crippen molar-refractivity contribution < 1.29 is 0 Å². The average molecular weight is 512 g/mol. The maximum absolute atomic E-state index is 5.27. The summed E-state index contributed by atoms with van der Waals surface area (Å²) in [6.45, 7) is 25.5. The molecule has 5 rings (SSSR count). The van der Waals surface area contributed by atoms with Gasteiger partial charge in [-0.25, -0.2) is 0 Å². The number of hydrogen-bond donors (Lipinski definition) is 1. The van der Waals surface area contributed by atoms with E-state index in [0.29, 0.717) is 38.2 Å². The molecule has 5 fully saturated rings. The molecule has 0 bridgehead atoms. The maximum atomic E-state index is 5.27. The van der Waals surface area contributed by atoms with Crippen LogP contribution in [0.5, 0.6) is 0 Å². The molecule has 1 radical (unpaired) electrons. The van der Waals surface area contributed by atoms with Gasteiger partial charge in [0.15, 0.2) is 0 Å². The van der Waals surface area contributed by atoms with Crippen molar-refractivity contribution in [3.8, 4) is 0 Å². The minimum Gasteiger partial charge on any atom is -0.175 e. The molecule has 0 saturated heterocycles. The van der Waals surface area contributed by atoms with Crippen molar-refractivity contribution in [2.45, 2.75) is 131 Å². The lowest BCUT2D eigenvalue weighted by atomic mass is 9.30. The minimum absolute atomic E-state index is 0.318. The Morgan fingerprint density at radius 1 is 0.806 bits per heavy atom. The zero-order chi connectivity index (χ0) is 26.3. The van der Waals surface area contributed by atoms with Crippen LogP contribution in [0.1, 0.15) is 126 Å². The van der Waals surface area contributed by atoms with Crippen molar-refractivity contribution in [2.24, 2.45) is 68.5 Å². The normalized spacial score (nSPS) is 56.0. The first-order valence-electron chi connectivity index (χ1n) is 15.9. The van der Waals surface area contributed by atoms with Crippen LogP contribution in [0.2, 0.25) is 0 Å². The Labute approximate surface area is 231 Å². The molecule has 205 valence electrons. The predicted octanol–water partition coefficient (Wildman–Crippen LogP) is 10.4. The average Bonchev–Trinajstić information content (AvgIpc) is 2.81. The highest BCUT2D eigenvalue weighted by atomic mass is 32.1. The van der Waals surface area contributed by atoms with Crippen molar-refractivity contribution in [2.75, 3.05) is 0 Å². The molecule has 0 nitrogen and oxygen atoms in total. The van der Waals surface area contributed by atoms with Gasteiger partial charge in [0, 0.05) is 5.25 Å². The van der Waals surface area contributed by atoms with Gasteiger partial charge in [-0.05, 0) is 146 Å². The molecule has 0 aromatic rings. The molecular weight excluding hydrogens is 452 g/mol. The molecule has 0 heterocycles.